The maximum atomic E-state index is 13.1. The molecule has 0 aromatic heterocycles. The fourth-order valence-electron chi connectivity index (χ4n) is 2.11. The molecule has 0 fully saturated rings. The quantitative estimate of drug-likeness (QED) is 0.679. The first-order valence-corrected chi connectivity index (χ1v) is 6.65. The van der Waals surface area contributed by atoms with E-state index in [-0.39, 0.29) is 5.56 Å². The standard InChI is InChI=1S/C17H17FN2O/c1-11-7-8-16(12(2)9-11)13(3)19-20-17(21)14-5-4-6-15(18)10-14/h4-10H,1-3H3,(H,20,21)/b19-13+. The molecule has 0 atom stereocenters. The normalized spacial score (nSPS) is 11.3. The lowest BCUT2D eigenvalue weighted by Crippen LogP contribution is -2.19. The van der Waals surface area contributed by atoms with E-state index < -0.39 is 11.7 Å². The molecule has 0 aliphatic heterocycles. The number of hydrazone groups is 1. The highest BCUT2D eigenvalue weighted by Crippen LogP contribution is 2.11. The summed E-state index contributed by atoms with van der Waals surface area (Å²) in [5.74, 6) is -0.878. The van der Waals surface area contributed by atoms with Crippen molar-refractivity contribution in [2.45, 2.75) is 20.8 Å². The van der Waals surface area contributed by atoms with Gasteiger partial charge in [0.25, 0.3) is 5.91 Å². The van der Waals surface area contributed by atoms with Gasteiger partial charge in [0.05, 0.1) is 5.71 Å². The van der Waals surface area contributed by atoms with Gasteiger partial charge < -0.3 is 0 Å². The van der Waals surface area contributed by atoms with Crippen LogP contribution in [-0.4, -0.2) is 11.6 Å². The van der Waals surface area contributed by atoms with Crippen LogP contribution in [0.15, 0.2) is 47.6 Å². The topological polar surface area (TPSA) is 41.5 Å². The van der Waals surface area contributed by atoms with Crippen LogP contribution in [0.2, 0.25) is 0 Å². The lowest BCUT2D eigenvalue weighted by molar-refractivity contribution is 0.0954. The van der Waals surface area contributed by atoms with E-state index in [1.165, 1.54) is 23.8 Å². The third-order valence-corrected chi connectivity index (χ3v) is 3.18. The highest BCUT2D eigenvalue weighted by molar-refractivity contribution is 6.01. The molecule has 21 heavy (non-hydrogen) atoms. The molecule has 0 saturated heterocycles. The van der Waals surface area contributed by atoms with Gasteiger partial charge >= 0.3 is 0 Å². The highest BCUT2D eigenvalue weighted by Gasteiger charge is 2.07. The van der Waals surface area contributed by atoms with E-state index in [4.69, 9.17) is 0 Å². The minimum absolute atomic E-state index is 0.243. The summed E-state index contributed by atoms with van der Waals surface area (Å²) in [5.41, 5.74) is 6.64. The molecule has 0 spiro atoms. The Morgan fingerprint density at radius 3 is 2.57 bits per heavy atom. The van der Waals surface area contributed by atoms with Crippen LogP contribution in [0.3, 0.4) is 0 Å². The lowest BCUT2D eigenvalue weighted by atomic mass is 10.0. The summed E-state index contributed by atoms with van der Waals surface area (Å²) in [6.45, 7) is 5.84. The molecule has 0 bridgehead atoms. The monoisotopic (exact) mass is 284 g/mol. The predicted molar refractivity (Wildman–Crippen MR) is 82.0 cm³/mol. The number of carbonyl (C=O) groups is 1. The van der Waals surface area contributed by atoms with Gasteiger partial charge in [0.15, 0.2) is 0 Å². The Hall–Kier alpha value is -2.49. The first-order chi connectivity index (χ1) is 9.97. The Labute approximate surface area is 123 Å². The molecule has 1 amide bonds. The van der Waals surface area contributed by atoms with E-state index in [9.17, 15) is 9.18 Å². The van der Waals surface area contributed by atoms with Gasteiger partial charge in [-0.2, -0.15) is 5.10 Å². The summed E-state index contributed by atoms with van der Waals surface area (Å²) in [7, 11) is 0. The summed E-state index contributed by atoms with van der Waals surface area (Å²) in [6, 6.07) is 11.5. The van der Waals surface area contributed by atoms with Crippen LogP contribution in [0.5, 0.6) is 0 Å². The van der Waals surface area contributed by atoms with Crippen LogP contribution in [0, 0.1) is 19.7 Å². The van der Waals surface area contributed by atoms with Gasteiger partial charge in [-0.1, -0.05) is 29.8 Å². The van der Waals surface area contributed by atoms with Crippen molar-refractivity contribution < 1.29 is 9.18 Å². The molecule has 108 valence electrons. The molecule has 1 N–H and O–H groups in total. The molecule has 2 rings (SSSR count). The van der Waals surface area contributed by atoms with E-state index in [2.05, 4.69) is 16.6 Å². The van der Waals surface area contributed by atoms with E-state index >= 15 is 0 Å². The van der Waals surface area contributed by atoms with Gasteiger partial charge in [-0.3, -0.25) is 4.79 Å². The van der Waals surface area contributed by atoms with Crippen molar-refractivity contribution in [3.8, 4) is 0 Å². The summed E-state index contributed by atoms with van der Waals surface area (Å²) >= 11 is 0. The largest absolute Gasteiger partial charge is 0.271 e. The molecule has 0 aliphatic carbocycles. The third-order valence-electron chi connectivity index (χ3n) is 3.18. The zero-order chi connectivity index (χ0) is 15.4. The van der Waals surface area contributed by atoms with Crippen LogP contribution in [0.1, 0.15) is 34.0 Å². The van der Waals surface area contributed by atoms with E-state index in [1.807, 2.05) is 32.9 Å². The number of nitrogens with one attached hydrogen (secondary N) is 1. The van der Waals surface area contributed by atoms with Crippen LogP contribution in [0.25, 0.3) is 0 Å². The molecule has 2 aromatic rings. The van der Waals surface area contributed by atoms with Crippen LogP contribution < -0.4 is 5.43 Å². The number of aryl methyl sites for hydroxylation is 2. The Morgan fingerprint density at radius 1 is 1.14 bits per heavy atom. The molecule has 0 aliphatic rings. The maximum absolute atomic E-state index is 13.1. The van der Waals surface area contributed by atoms with E-state index in [0.717, 1.165) is 11.1 Å². The number of rotatable bonds is 3. The van der Waals surface area contributed by atoms with Crippen molar-refractivity contribution in [1.82, 2.24) is 5.43 Å². The third kappa shape index (κ3) is 3.75. The zero-order valence-corrected chi connectivity index (χ0v) is 12.3. The second-order valence-electron chi connectivity index (χ2n) is 4.97. The van der Waals surface area contributed by atoms with Gasteiger partial charge in [0.1, 0.15) is 5.82 Å². The van der Waals surface area contributed by atoms with Gasteiger partial charge in [-0.15, -0.1) is 0 Å². The Morgan fingerprint density at radius 2 is 1.90 bits per heavy atom. The number of hydrogen-bond donors (Lipinski definition) is 1. The molecule has 0 heterocycles. The minimum Gasteiger partial charge on any atom is -0.267 e. The fraction of sp³-hybridized carbons (Fsp3) is 0.176. The minimum atomic E-state index is -0.447. The molecule has 0 unspecified atom stereocenters. The van der Waals surface area contributed by atoms with Crippen LogP contribution in [0.4, 0.5) is 4.39 Å². The molecule has 3 nitrogen and oxygen atoms in total. The summed E-state index contributed by atoms with van der Waals surface area (Å²) in [6.07, 6.45) is 0. The molecule has 2 aromatic carbocycles. The summed E-state index contributed by atoms with van der Waals surface area (Å²) < 4.78 is 13.1. The van der Waals surface area contributed by atoms with E-state index in [1.54, 1.807) is 6.07 Å². The van der Waals surface area contributed by atoms with Crippen molar-refractivity contribution in [2.24, 2.45) is 5.10 Å². The first-order valence-electron chi connectivity index (χ1n) is 6.65. The summed E-state index contributed by atoms with van der Waals surface area (Å²) in [5, 5.41) is 4.09. The van der Waals surface area contributed by atoms with Gasteiger partial charge in [-0.05, 0) is 44.5 Å². The average molecular weight is 284 g/mol. The zero-order valence-electron chi connectivity index (χ0n) is 12.3. The Kier molecular flexibility index (Phi) is 4.48. The van der Waals surface area contributed by atoms with Gasteiger partial charge in [0.2, 0.25) is 0 Å². The van der Waals surface area contributed by atoms with Crippen molar-refractivity contribution in [3.05, 3.63) is 70.5 Å². The van der Waals surface area contributed by atoms with E-state index in [0.29, 0.717) is 5.71 Å². The number of carbonyl (C=O) groups excluding carboxylic acids is 1. The lowest BCUT2D eigenvalue weighted by Gasteiger charge is -2.07. The molecule has 0 radical (unpaired) electrons. The Balaban J connectivity index is 2.15. The van der Waals surface area contributed by atoms with Crippen LogP contribution in [-0.2, 0) is 0 Å². The molecule has 4 heteroatoms. The van der Waals surface area contributed by atoms with Crippen molar-refractivity contribution in [1.29, 1.82) is 0 Å². The Bertz CT molecular complexity index is 708. The SMILES string of the molecule is C/C(=N\NC(=O)c1cccc(F)c1)c1ccc(C)cc1C. The van der Waals surface area contributed by atoms with Gasteiger partial charge in [-0.25, -0.2) is 9.82 Å². The summed E-state index contributed by atoms with van der Waals surface area (Å²) in [4.78, 5) is 11.9. The van der Waals surface area contributed by atoms with Crippen molar-refractivity contribution in [2.75, 3.05) is 0 Å². The number of amides is 1. The second-order valence-corrected chi connectivity index (χ2v) is 4.97. The maximum Gasteiger partial charge on any atom is 0.271 e. The fourth-order valence-corrected chi connectivity index (χ4v) is 2.11. The second kappa shape index (κ2) is 6.31. The average Bonchev–Trinajstić information content (AvgIpc) is 2.44. The number of halogens is 1. The van der Waals surface area contributed by atoms with Gasteiger partial charge in [0, 0.05) is 11.1 Å². The van der Waals surface area contributed by atoms with Crippen LogP contribution >= 0.6 is 0 Å². The molecule has 0 saturated carbocycles. The smallest absolute Gasteiger partial charge is 0.267 e. The number of nitrogens with zero attached hydrogens (tertiary/aromatic N) is 1. The predicted octanol–water partition coefficient (Wildman–Crippen LogP) is 3.60. The first kappa shape index (κ1) is 14.9. The molecular weight excluding hydrogens is 267 g/mol. The number of hydrogen-bond acceptors (Lipinski definition) is 2. The van der Waals surface area contributed by atoms with Crippen molar-refractivity contribution >= 4 is 11.6 Å². The molecular formula is C17H17FN2O. The van der Waals surface area contributed by atoms with Crippen molar-refractivity contribution in [3.63, 3.8) is 0 Å². The number of benzene rings is 2. The highest BCUT2D eigenvalue weighted by atomic mass is 19.1.